The second kappa shape index (κ2) is 6.35. The molecule has 1 aromatic heterocycles. The number of urea groups is 1. The van der Waals surface area contributed by atoms with Gasteiger partial charge in [-0.05, 0) is 37.3 Å². The third kappa shape index (κ3) is 2.82. The van der Waals surface area contributed by atoms with Crippen LogP contribution in [0.1, 0.15) is 43.0 Å². The molecule has 6 nitrogen and oxygen atoms in total. The molecule has 4 rings (SSSR count). The standard InChI is InChI=1S/C19H23F3N4O2/c1-11-14-3-2-5-18(14,10-26(11)17(23)28)16(27)25-6-4-15-12(9-25)7-13(8-24-15)19(20,21)22/h7-8,11,14H,2-6,9-10H2,1H3,(H2,23,28). The summed E-state index contributed by atoms with van der Waals surface area (Å²) in [5.74, 6) is -0.0396. The van der Waals surface area contributed by atoms with Gasteiger partial charge in [-0.2, -0.15) is 13.2 Å². The Morgan fingerprint density at radius 1 is 1.36 bits per heavy atom. The molecule has 1 aromatic rings. The summed E-state index contributed by atoms with van der Waals surface area (Å²) in [7, 11) is 0. The largest absolute Gasteiger partial charge is 0.417 e. The average Bonchev–Trinajstić information content (AvgIpc) is 3.18. The topological polar surface area (TPSA) is 79.5 Å². The number of fused-ring (bicyclic) bond motifs is 2. The second-order valence-corrected chi connectivity index (χ2v) is 8.17. The number of hydrogen-bond acceptors (Lipinski definition) is 3. The molecule has 0 spiro atoms. The SMILES string of the molecule is CC1C2CCCC2(C(=O)N2CCc3ncc(C(F)(F)F)cc3C2)CN1C(N)=O. The zero-order valence-corrected chi connectivity index (χ0v) is 15.6. The summed E-state index contributed by atoms with van der Waals surface area (Å²) in [6, 6.07) is 0.454. The van der Waals surface area contributed by atoms with Crippen molar-refractivity contribution in [2.75, 3.05) is 13.1 Å². The lowest BCUT2D eigenvalue weighted by atomic mass is 9.76. The Balaban J connectivity index is 1.60. The van der Waals surface area contributed by atoms with E-state index < -0.39 is 23.2 Å². The van der Waals surface area contributed by atoms with Crippen LogP contribution in [-0.4, -0.2) is 45.9 Å². The van der Waals surface area contributed by atoms with Gasteiger partial charge in [-0.3, -0.25) is 9.78 Å². The van der Waals surface area contributed by atoms with Crippen LogP contribution >= 0.6 is 0 Å². The van der Waals surface area contributed by atoms with Gasteiger partial charge in [-0.15, -0.1) is 0 Å². The van der Waals surface area contributed by atoms with E-state index in [0.717, 1.165) is 25.1 Å². The van der Waals surface area contributed by atoms with Crippen molar-refractivity contribution in [3.8, 4) is 0 Å². The van der Waals surface area contributed by atoms with Crippen LogP contribution in [-0.2, 0) is 23.9 Å². The number of hydrogen-bond donors (Lipinski definition) is 1. The summed E-state index contributed by atoms with van der Waals surface area (Å²) in [6.45, 7) is 2.74. The maximum Gasteiger partial charge on any atom is 0.417 e. The molecule has 0 aromatic carbocycles. The maximum atomic E-state index is 13.5. The molecule has 2 N–H and O–H groups in total. The van der Waals surface area contributed by atoms with Crippen LogP contribution in [0.4, 0.5) is 18.0 Å². The first-order valence-corrected chi connectivity index (χ1v) is 9.54. The van der Waals surface area contributed by atoms with Crippen molar-refractivity contribution < 1.29 is 22.8 Å². The van der Waals surface area contributed by atoms with E-state index in [1.165, 1.54) is 0 Å². The Morgan fingerprint density at radius 2 is 2.11 bits per heavy atom. The third-order valence-corrected chi connectivity index (χ3v) is 6.74. The van der Waals surface area contributed by atoms with E-state index in [-0.39, 0.29) is 31.0 Å². The number of pyridine rings is 1. The fraction of sp³-hybridized carbons (Fsp3) is 0.632. The number of primary amides is 1. The molecule has 3 aliphatic rings. The Kier molecular flexibility index (Phi) is 4.31. The molecule has 0 radical (unpaired) electrons. The minimum Gasteiger partial charge on any atom is -0.351 e. The van der Waals surface area contributed by atoms with Crippen LogP contribution in [0.2, 0.25) is 0 Å². The summed E-state index contributed by atoms with van der Waals surface area (Å²) >= 11 is 0. The van der Waals surface area contributed by atoms with Gasteiger partial charge in [-0.25, -0.2) is 4.79 Å². The molecular formula is C19H23F3N4O2. The van der Waals surface area contributed by atoms with E-state index in [9.17, 15) is 22.8 Å². The number of alkyl halides is 3. The molecule has 0 bridgehead atoms. The van der Waals surface area contributed by atoms with Crippen molar-refractivity contribution in [2.45, 2.75) is 51.4 Å². The fourth-order valence-electron chi connectivity index (χ4n) is 5.34. The first kappa shape index (κ1) is 19.0. The van der Waals surface area contributed by atoms with Crippen molar-refractivity contribution in [3.05, 3.63) is 29.1 Å². The predicted molar refractivity (Wildman–Crippen MR) is 93.9 cm³/mol. The zero-order chi connectivity index (χ0) is 20.3. The Labute approximate surface area is 160 Å². The van der Waals surface area contributed by atoms with E-state index >= 15 is 0 Å². The van der Waals surface area contributed by atoms with Gasteiger partial charge in [-0.1, -0.05) is 6.42 Å². The first-order valence-electron chi connectivity index (χ1n) is 9.54. The van der Waals surface area contributed by atoms with Crippen LogP contribution in [0.3, 0.4) is 0 Å². The summed E-state index contributed by atoms with van der Waals surface area (Å²) in [4.78, 5) is 32.5. The van der Waals surface area contributed by atoms with Crippen molar-refractivity contribution in [3.63, 3.8) is 0 Å². The molecule has 28 heavy (non-hydrogen) atoms. The molecule has 1 saturated heterocycles. The fourth-order valence-corrected chi connectivity index (χ4v) is 5.34. The predicted octanol–water partition coefficient (Wildman–Crippen LogP) is 2.55. The third-order valence-electron chi connectivity index (χ3n) is 6.74. The Morgan fingerprint density at radius 3 is 2.79 bits per heavy atom. The summed E-state index contributed by atoms with van der Waals surface area (Å²) in [5, 5.41) is 0. The maximum absolute atomic E-state index is 13.5. The van der Waals surface area contributed by atoms with Gasteiger partial charge in [0.25, 0.3) is 0 Å². The number of nitrogens with zero attached hydrogens (tertiary/aromatic N) is 3. The number of amides is 3. The number of likely N-dealkylation sites (tertiary alicyclic amines) is 1. The molecule has 3 heterocycles. The number of aromatic nitrogens is 1. The zero-order valence-electron chi connectivity index (χ0n) is 15.6. The summed E-state index contributed by atoms with van der Waals surface area (Å²) in [5.41, 5.74) is 5.07. The summed E-state index contributed by atoms with van der Waals surface area (Å²) in [6.07, 6.45) is -0.764. The molecule has 2 fully saturated rings. The molecule has 3 atom stereocenters. The lowest BCUT2D eigenvalue weighted by Crippen LogP contribution is -2.49. The summed E-state index contributed by atoms with van der Waals surface area (Å²) < 4.78 is 39.1. The number of rotatable bonds is 1. The number of nitrogens with two attached hydrogens (primary N) is 1. The highest BCUT2D eigenvalue weighted by Crippen LogP contribution is 2.53. The monoisotopic (exact) mass is 396 g/mol. The van der Waals surface area contributed by atoms with Crippen molar-refractivity contribution >= 4 is 11.9 Å². The molecule has 3 unspecified atom stereocenters. The van der Waals surface area contributed by atoms with E-state index in [1.54, 1.807) is 9.80 Å². The van der Waals surface area contributed by atoms with Crippen LogP contribution in [0.25, 0.3) is 0 Å². The van der Waals surface area contributed by atoms with Crippen molar-refractivity contribution in [1.29, 1.82) is 0 Å². The van der Waals surface area contributed by atoms with Crippen LogP contribution < -0.4 is 5.73 Å². The van der Waals surface area contributed by atoms with E-state index in [0.29, 0.717) is 30.6 Å². The van der Waals surface area contributed by atoms with Crippen molar-refractivity contribution in [1.82, 2.24) is 14.8 Å². The van der Waals surface area contributed by atoms with Gasteiger partial charge in [0.15, 0.2) is 0 Å². The van der Waals surface area contributed by atoms with Crippen LogP contribution in [0.15, 0.2) is 12.3 Å². The molecule has 1 aliphatic carbocycles. The lowest BCUT2D eigenvalue weighted by molar-refractivity contribution is -0.143. The van der Waals surface area contributed by atoms with Gasteiger partial charge >= 0.3 is 12.2 Å². The molecule has 1 saturated carbocycles. The average molecular weight is 396 g/mol. The van der Waals surface area contributed by atoms with Crippen LogP contribution in [0.5, 0.6) is 0 Å². The van der Waals surface area contributed by atoms with E-state index in [2.05, 4.69) is 4.98 Å². The minimum atomic E-state index is -4.47. The minimum absolute atomic E-state index is 0.0357. The quantitative estimate of drug-likeness (QED) is 0.792. The van der Waals surface area contributed by atoms with Gasteiger partial charge in [0, 0.05) is 44.0 Å². The Hall–Kier alpha value is -2.32. The molecule has 152 valence electrons. The van der Waals surface area contributed by atoms with E-state index in [1.807, 2.05) is 6.92 Å². The first-order chi connectivity index (χ1) is 13.1. The smallest absolute Gasteiger partial charge is 0.351 e. The van der Waals surface area contributed by atoms with Gasteiger partial charge in [0.2, 0.25) is 5.91 Å². The highest BCUT2D eigenvalue weighted by Gasteiger charge is 2.59. The van der Waals surface area contributed by atoms with Crippen LogP contribution in [0, 0.1) is 11.3 Å². The number of carbonyl (C=O) groups excluding carboxylic acids is 2. The normalized spacial score (nSPS) is 29.6. The number of halogens is 3. The van der Waals surface area contributed by atoms with Gasteiger partial charge in [0.05, 0.1) is 11.0 Å². The Bertz CT molecular complexity index is 828. The number of carbonyl (C=O) groups is 2. The lowest BCUT2D eigenvalue weighted by Gasteiger charge is -2.37. The van der Waals surface area contributed by atoms with Gasteiger partial charge < -0.3 is 15.5 Å². The van der Waals surface area contributed by atoms with Crippen molar-refractivity contribution in [2.24, 2.45) is 17.1 Å². The molecular weight excluding hydrogens is 373 g/mol. The highest BCUT2D eigenvalue weighted by molar-refractivity contribution is 5.86. The van der Waals surface area contributed by atoms with E-state index in [4.69, 9.17) is 5.73 Å². The second-order valence-electron chi connectivity index (χ2n) is 8.17. The van der Waals surface area contributed by atoms with Gasteiger partial charge in [0.1, 0.15) is 0 Å². The molecule has 9 heteroatoms. The molecule has 3 amide bonds. The molecule has 2 aliphatic heterocycles. The highest BCUT2D eigenvalue weighted by atomic mass is 19.4.